The van der Waals surface area contributed by atoms with Gasteiger partial charge in [0.25, 0.3) is 0 Å². The molecule has 1 rings (SSSR count). The molecule has 0 aliphatic rings. The summed E-state index contributed by atoms with van der Waals surface area (Å²) in [5, 5.41) is 6.54. The zero-order valence-electron chi connectivity index (χ0n) is 9.22. The van der Waals surface area contributed by atoms with Crippen LogP contribution in [-0.2, 0) is 6.54 Å². The molecule has 2 N–H and O–H groups in total. The van der Waals surface area contributed by atoms with Gasteiger partial charge >= 0.3 is 0 Å². The monoisotopic (exact) mass is 210 g/mol. The molecular weight excluding hydrogens is 191 g/mol. The van der Waals surface area contributed by atoms with Crippen molar-refractivity contribution < 1.29 is 4.39 Å². The highest BCUT2D eigenvalue weighted by molar-refractivity contribution is 5.15. The predicted molar refractivity (Wildman–Crippen MR) is 61.3 cm³/mol. The molecule has 0 spiro atoms. The van der Waals surface area contributed by atoms with Crippen LogP contribution in [-0.4, -0.2) is 19.6 Å². The first kappa shape index (κ1) is 12.1. The summed E-state index contributed by atoms with van der Waals surface area (Å²) in [6, 6.07) is 6.71. The lowest BCUT2D eigenvalue weighted by Gasteiger charge is -2.05. The number of halogens is 1. The molecule has 0 aliphatic carbocycles. The van der Waals surface area contributed by atoms with E-state index in [1.54, 1.807) is 12.1 Å². The molecule has 0 amide bonds. The summed E-state index contributed by atoms with van der Waals surface area (Å²) in [6.07, 6.45) is 1.10. The van der Waals surface area contributed by atoms with Gasteiger partial charge in [-0.2, -0.15) is 0 Å². The third-order valence-corrected chi connectivity index (χ3v) is 2.18. The van der Waals surface area contributed by atoms with Crippen molar-refractivity contribution in [3.05, 3.63) is 35.6 Å². The Balaban J connectivity index is 2.10. The van der Waals surface area contributed by atoms with E-state index >= 15 is 0 Å². The molecule has 0 saturated heterocycles. The van der Waals surface area contributed by atoms with Crippen LogP contribution in [0, 0.1) is 5.82 Å². The summed E-state index contributed by atoms with van der Waals surface area (Å²) in [7, 11) is 0. The van der Waals surface area contributed by atoms with E-state index in [1.165, 1.54) is 6.07 Å². The molecule has 0 fully saturated rings. The van der Waals surface area contributed by atoms with Gasteiger partial charge in [-0.15, -0.1) is 0 Å². The second kappa shape index (κ2) is 7.37. The van der Waals surface area contributed by atoms with Crippen LogP contribution < -0.4 is 10.6 Å². The molecule has 3 heteroatoms. The van der Waals surface area contributed by atoms with E-state index in [9.17, 15) is 4.39 Å². The zero-order chi connectivity index (χ0) is 10.9. The van der Waals surface area contributed by atoms with Crippen molar-refractivity contribution in [2.45, 2.75) is 19.9 Å². The second-order valence-electron chi connectivity index (χ2n) is 3.51. The van der Waals surface area contributed by atoms with Gasteiger partial charge in [0, 0.05) is 6.54 Å². The molecule has 0 aliphatic heterocycles. The Morgan fingerprint density at radius 1 is 1.20 bits per heavy atom. The minimum absolute atomic E-state index is 0.165. The second-order valence-corrected chi connectivity index (χ2v) is 3.51. The lowest BCUT2D eigenvalue weighted by molar-refractivity contribution is 0.598. The Bertz CT molecular complexity index is 276. The fourth-order valence-corrected chi connectivity index (χ4v) is 1.39. The topological polar surface area (TPSA) is 24.1 Å². The van der Waals surface area contributed by atoms with E-state index in [2.05, 4.69) is 17.6 Å². The lowest BCUT2D eigenvalue weighted by atomic mass is 10.2. The van der Waals surface area contributed by atoms with Gasteiger partial charge in [0.1, 0.15) is 5.82 Å². The quantitative estimate of drug-likeness (QED) is 0.672. The maximum absolute atomic E-state index is 12.8. The van der Waals surface area contributed by atoms with Gasteiger partial charge in [-0.25, -0.2) is 4.39 Å². The fourth-order valence-electron chi connectivity index (χ4n) is 1.39. The highest BCUT2D eigenvalue weighted by Crippen LogP contribution is 2.02. The molecule has 0 aromatic heterocycles. The third kappa shape index (κ3) is 5.50. The van der Waals surface area contributed by atoms with Gasteiger partial charge < -0.3 is 10.6 Å². The molecule has 2 nitrogen and oxygen atoms in total. The molecule has 0 atom stereocenters. The minimum Gasteiger partial charge on any atom is -0.317 e. The summed E-state index contributed by atoms with van der Waals surface area (Å²) in [5.74, 6) is -0.165. The molecular formula is C12H19FN2. The first-order valence-corrected chi connectivity index (χ1v) is 5.49. The highest BCUT2D eigenvalue weighted by atomic mass is 19.1. The van der Waals surface area contributed by atoms with E-state index in [0.717, 1.165) is 38.2 Å². The summed E-state index contributed by atoms with van der Waals surface area (Å²) in [6.45, 7) is 5.85. The van der Waals surface area contributed by atoms with Gasteiger partial charge in [-0.05, 0) is 43.8 Å². The molecule has 1 aromatic rings. The van der Waals surface area contributed by atoms with Crippen LogP contribution in [0.4, 0.5) is 4.39 Å². The van der Waals surface area contributed by atoms with Crippen molar-refractivity contribution in [1.82, 2.24) is 10.6 Å². The summed E-state index contributed by atoms with van der Waals surface area (Å²) in [5.41, 5.74) is 0.999. The first-order chi connectivity index (χ1) is 7.33. The third-order valence-electron chi connectivity index (χ3n) is 2.18. The van der Waals surface area contributed by atoms with Crippen LogP contribution in [0.1, 0.15) is 18.9 Å². The van der Waals surface area contributed by atoms with Crippen molar-refractivity contribution in [3.63, 3.8) is 0 Å². The van der Waals surface area contributed by atoms with E-state index in [-0.39, 0.29) is 5.82 Å². The van der Waals surface area contributed by atoms with Gasteiger partial charge in [0.05, 0.1) is 0 Å². The van der Waals surface area contributed by atoms with Gasteiger partial charge in [-0.3, -0.25) is 0 Å². The summed E-state index contributed by atoms with van der Waals surface area (Å²) >= 11 is 0. The number of benzene rings is 1. The van der Waals surface area contributed by atoms with Crippen LogP contribution >= 0.6 is 0 Å². The number of hydrogen-bond donors (Lipinski definition) is 2. The molecule has 0 unspecified atom stereocenters. The first-order valence-electron chi connectivity index (χ1n) is 5.49. The summed E-state index contributed by atoms with van der Waals surface area (Å²) in [4.78, 5) is 0. The van der Waals surface area contributed by atoms with Crippen LogP contribution in [0.3, 0.4) is 0 Å². The van der Waals surface area contributed by atoms with E-state index in [4.69, 9.17) is 0 Å². The number of rotatable bonds is 7. The van der Waals surface area contributed by atoms with Crippen molar-refractivity contribution in [1.29, 1.82) is 0 Å². The van der Waals surface area contributed by atoms with Crippen LogP contribution in [0.15, 0.2) is 24.3 Å². The van der Waals surface area contributed by atoms with E-state index in [1.807, 2.05) is 6.07 Å². The molecule has 1 aromatic carbocycles. The Hall–Kier alpha value is -0.930. The van der Waals surface area contributed by atoms with E-state index in [0.29, 0.717) is 0 Å². The molecule has 0 heterocycles. The van der Waals surface area contributed by atoms with Crippen LogP contribution in [0.2, 0.25) is 0 Å². The maximum Gasteiger partial charge on any atom is 0.123 e. The average molecular weight is 210 g/mol. The highest BCUT2D eigenvalue weighted by Gasteiger charge is 1.94. The SMILES string of the molecule is CCNCCCNCc1cccc(F)c1. The lowest BCUT2D eigenvalue weighted by Crippen LogP contribution is -2.21. The van der Waals surface area contributed by atoms with Gasteiger partial charge in [-0.1, -0.05) is 19.1 Å². The average Bonchev–Trinajstić information content (AvgIpc) is 2.23. The van der Waals surface area contributed by atoms with Crippen molar-refractivity contribution in [3.8, 4) is 0 Å². The van der Waals surface area contributed by atoms with E-state index < -0.39 is 0 Å². The number of nitrogens with one attached hydrogen (secondary N) is 2. The molecule has 84 valence electrons. The Kier molecular flexibility index (Phi) is 5.97. The normalized spacial score (nSPS) is 10.5. The Morgan fingerprint density at radius 2 is 2.00 bits per heavy atom. The molecule has 0 radical (unpaired) electrons. The van der Waals surface area contributed by atoms with Crippen LogP contribution in [0.25, 0.3) is 0 Å². The van der Waals surface area contributed by atoms with Crippen molar-refractivity contribution in [2.75, 3.05) is 19.6 Å². The largest absolute Gasteiger partial charge is 0.317 e. The van der Waals surface area contributed by atoms with Crippen molar-refractivity contribution in [2.24, 2.45) is 0 Å². The van der Waals surface area contributed by atoms with Crippen molar-refractivity contribution >= 4 is 0 Å². The predicted octanol–water partition coefficient (Wildman–Crippen LogP) is 1.91. The van der Waals surface area contributed by atoms with Gasteiger partial charge in [0.2, 0.25) is 0 Å². The van der Waals surface area contributed by atoms with Gasteiger partial charge in [0.15, 0.2) is 0 Å². The molecule has 0 bridgehead atoms. The summed E-state index contributed by atoms with van der Waals surface area (Å²) < 4.78 is 12.8. The minimum atomic E-state index is -0.165. The van der Waals surface area contributed by atoms with Crippen LogP contribution in [0.5, 0.6) is 0 Å². The smallest absolute Gasteiger partial charge is 0.123 e. The standard InChI is InChI=1S/C12H19FN2/c1-2-14-7-4-8-15-10-11-5-3-6-12(13)9-11/h3,5-6,9,14-15H,2,4,7-8,10H2,1H3. The number of hydrogen-bond acceptors (Lipinski definition) is 2. The Morgan fingerprint density at radius 3 is 2.73 bits per heavy atom. The maximum atomic E-state index is 12.8. The zero-order valence-corrected chi connectivity index (χ0v) is 9.22. The molecule has 15 heavy (non-hydrogen) atoms. The fraction of sp³-hybridized carbons (Fsp3) is 0.500. The Labute approximate surface area is 90.9 Å². The molecule has 0 saturated carbocycles.